The minimum absolute atomic E-state index is 0.0893. The van der Waals surface area contributed by atoms with Gasteiger partial charge in [-0.2, -0.15) is 0 Å². The van der Waals surface area contributed by atoms with Crippen LogP contribution in [-0.4, -0.2) is 50.1 Å². The zero-order valence-electron chi connectivity index (χ0n) is 12.1. The highest BCUT2D eigenvalue weighted by Crippen LogP contribution is 2.32. The molecule has 2 rings (SSSR count). The maximum Gasteiger partial charge on any atom is 0.313 e. The maximum absolute atomic E-state index is 12.2. The average Bonchev–Trinajstić information content (AvgIpc) is 2.93. The molecular formula is C13H17N3O4S. The van der Waals surface area contributed by atoms with Crippen LogP contribution in [0.4, 0.5) is 0 Å². The van der Waals surface area contributed by atoms with Gasteiger partial charge in [-0.25, -0.2) is 4.98 Å². The molecule has 114 valence electrons. The highest BCUT2D eigenvalue weighted by Gasteiger charge is 2.39. The van der Waals surface area contributed by atoms with Crippen LogP contribution in [0.3, 0.4) is 0 Å². The van der Waals surface area contributed by atoms with E-state index in [4.69, 9.17) is 5.11 Å². The molecule has 1 aliphatic heterocycles. The Hall–Kier alpha value is -1.83. The van der Waals surface area contributed by atoms with E-state index in [0.717, 1.165) is 22.4 Å². The van der Waals surface area contributed by atoms with Crippen LogP contribution in [0.15, 0.2) is 11.4 Å². The van der Waals surface area contributed by atoms with E-state index in [1.54, 1.807) is 10.8 Å². The molecule has 1 fully saturated rings. The van der Waals surface area contributed by atoms with Gasteiger partial charge in [-0.15, -0.1) is 0 Å². The molecule has 0 aliphatic carbocycles. The lowest BCUT2D eigenvalue weighted by atomic mass is 10.1. The van der Waals surface area contributed by atoms with Crippen LogP contribution >= 0.6 is 11.8 Å². The van der Waals surface area contributed by atoms with Gasteiger partial charge in [-0.05, 0) is 5.92 Å². The summed E-state index contributed by atoms with van der Waals surface area (Å²) in [7, 11) is 1.46. The third kappa shape index (κ3) is 2.94. The normalized spacial score (nSPS) is 18.9. The van der Waals surface area contributed by atoms with Gasteiger partial charge in [0.15, 0.2) is 5.16 Å². The fraction of sp³-hybridized carbons (Fsp3) is 0.538. The molecule has 1 saturated heterocycles. The molecule has 0 saturated carbocycles. The molecule has 7 nitrogen and oxygen atoms in total. The van der Waals surface area contributed by atoms with Crippen LogP contribution in [0.25, 0.3) is 0 Å². The van der Waals surface area contributed by atoms with Gasteiger partial charge in [0, 0.05) is 18.9 Å². The molecule has 2 heterocycles. The van der Waals surface area contributed by atoms with Crippen molar-refractivity contribution >= 4 is 29.5 Å². The first-order valence-corrected chi connectivity index (χ1v) is 7.53. The Labute approximate surface area is 126 Å². The molecule has 0 aromatic carbocycles. The van der Waals surface area contributed by atoms with Gasteiger partial charge in [0.2, 0.25) is 5.91 Å². The van der Waals surface area contributed by atoms with Crippen molar-refractivity contribution in [1.82, 2.24) is 14.5 Å². The first kappa shape index (κ1) is 15.6. The monoisotopic (exact) mass is 311 g/mol. The van der Waals surface area contributed by atoms with Crippen molar-refractivity contribution in [3.8, 4) is 0 Å². The fourth-order valence-corrected chi connectivity index (χ4v) is 3.02. The zero-order valence-corrected chi connectivity index (χ0v) is 12.9. The van der Waals surface area contributed by atoms with Gasteiger partial charge in [-0.3, -0.25) is 19.3 Å². The average molecular weight is 311 g/mol. The Morgan fingerprint density at radius 2 is 2.19 bits per heavy atom. The van der Waals surface area contributed by atoms with E-state index in [1.807, 2.05) is 13.8 Å². The number of imidazole rings is 1. The van der Waals surface area contributed by atoms with Gasteiger partial charge in [-0.1, -0.05) is 25.6 Å². The number of rotatable bonds is 5. The molecule has 0 radical (unpaired) electrons. The Morgan fingerprint density at radius 1 is 1.52 bits per heavy atom. The van der Waals surface area contributed by atoms with Crippen LogP contribution in [0.1, 0.15) is 37.9 Å². The summed E-state index contributed by atoms with van der Waals surface area (Å²) in [5, 5.41) is 9.26. The van der Waals surface area contributed by atoms with Crippen LogP contribution in [0, 0.1) is 0 Å². The smallest absolute Gasteiger partial charge is 0.313 e. The summed E-state index contributed by atoms with van der Waals surface area (Å²) in [4.78, 5) is 40.0. The molecule has 1 atom stereocenters. The SMILES string of the molecule is CC(C)c1cnc(SCC(=O)O)n1C1CC(=O)N(C)C1=O. The summed E-state index contributed by atoms with van der Waals surface area (Å²) in [6.45, 7) is 3.92. The predicted octanol–water partition coefficient (Wildman–Crippen LogP) is 1.11. The summed E-state index contributed by atoms with van der Waals surface area (Å²) < 4.78 is 1.71. The second-order valence-electron chi connectivity index (χ2n) is 5.18. The number of hydrogen-bond donors (Lipinski definition) is 1. The first-order valence-electron chi connectivity index (χ1n) is 6.55. The third-order valence-corrected chi connectivity index (χ3v) is 4.33. The molecule has 1 N–H and O–H groups in total. The Bertz CT molecular complexity index is 596. The number of hydrogen-bond acceptors (Lipinski definition) is 5. The highest BCUT2D eigenvalue weighted by molar-refractivity contribution is 7.99. The van der Waals surface area contributed by atoms with E-state index in [-0.39, 0.29) is 29.9 Å². The molecule has 1 aromatic rings. The van der Waals surface area contributed by atoms with E-state index in [9.17, 15) is 14.4 Å². The molecule has 21 heavy (non-hydrogen) atoms. The molecule has 1 aromatic heterocycles. The number of carboxylic acid groups (broad SMARTS) is 1. The van der Waals surface area contributed by atoms with E-state index < -0.39 is 12.0 Å². The molecule has 8 heteroatoms. The standard InChI is InChI=1S/C13H17N3O4S/c1-7(2)9-5-14-13(21-6-11(18)19)16(9)8-4-10(17)15(3)12(8)20/h5,7-8H,4,6H2,1-3H3,(H,18,19). The van der Waals surface area contributed by atoms with Crippen molar-refractivity contribution in [2.24, 2.45) is 0 Å². The van der Waals surface area contributed by atoms with Crippen molar-refractivity contribution in [3.63, 3.8) is 0 Å². The van der Waals surface area contributed by atoms with Crippen molar-refractivity contribution < 1.29 is 19.5 Å². The van der Waals surface area contributed by atoms with Gasteiger partial charge < -0.3 is 9.67 Å². The number of imide groups is 1. The summed E-state index contributed by atoms with van der Waals surface area (Å²) in [6, 6.07) is -0.626. The number of amides is 2. The van der Waals surface area contributed by atoms with Crippen LogP contribution in [0.5, 0.6) is 0 Å². The quantitative estimate of drug-likeness (QED) is 0.647. The Balaban J connectivity index is 2.39. The third-order valence-electron chi connectivity index (χ3n) is 3.38. The largest absolute Gasteiger partial charge is 0.481 e. The number of carboxylic acids is 1. The fourth-order valence-electron chi connectivity index (χ4n) is 2.27. The van der Waals surface area contributed by atoms with Crippen LogP contribution < -0.4 is 0 Å². The van der Waals surface area contributed by atoms with Crippen molar-refractivity contribution in [2.45, 2.75) is 37.4 Å². The van der Waals surface area contributed by atoms with Gasteiger partial charge in [0.05, 0.1) is 12.2 Å². The molecule has 0 bridgehead atoms. The number of carbonyl (C=O) groups excluding carboxylic acids is 2. The van der Waals surface area contributed by atoms with Crippen molar-refractivity contribution in [2.75, 3.05) is 12.8 Å². The van der Waals surface area contributed by atoms with Crippen molar-refractivity contribution in [3.05, 3.63) is 11.9 Å². The summed E-state index contributed by atoms with van der Waals surface area (Å²) in [6.07, 6.45) is 1.73. The van der Waals surface area contributed by atoms with E-state index in [1.165, 1.54) is 7.05 Å². The van der Waals surface area contributed by atoms with E-state index in [2.05, 4.69) is 4.98 Å². The van der Waals surface area contributed by atoms with Gasteiger partial charge in [0.25, 0.3) is 5.91 Å². The maximum atomic E-state index is 12.2. The number of nitrogens with zero attached hydrogens (tertiary/aromatic N) is 3. The zero-order chi connectivity index (χ0) is 15.7. The van der Waals surface area contributed by atoms with Crippen LogP contribution in [-0.2, 0) is 14.4 Å². The van der Waals surface area contributed by atoms with Crippen molar-refractivity contribution in [1.29, 1.82) is 0 Å². The molecule has 1 unspecified atom stereocenters. The predicted molar refractivity (Wildman–Crippen MR) is 76.1 cm³/mol. The van der Waals surface area contributed by atoms with E-state index >= 15 is 0 Å². The lowest BCUT2D eigenvalue weighted by Crippen LogP contribution is -2.27. The topological polar surface area (TPSA) is 92.5 Å². The number of thioether (sulfide) groups is 1. The highest BCUT2D eigenvalue weighted by atomic mass is 32.2. The molecule has 0 spiro atoms. The minimum Gasteiger partial charge on any atom is -0.481 e. The first-order chi connectivity index (χ1) is 9.82. The minimum atomic E-state index is -0.952. The second-order valence-corrected chi connectivity index (χ2v) is 6.13. The Morgan fingerprint density at radius 3 is 2.67 bits per heavy atom. The summed E-state index contributed by atoms with van der Waals surface area (Å²) >= 11 is 1.05. The van der Waals surface area contributed by atoms with Gasteiger partial charge >= 0.3 is 5.97 Å². The number of aromatic nitrogens is 2. The Kier molecular flexibility index (Phi) is 4.36. The lowest BCUT2D eigenvalue weighted by Gasteiger charge is -2.18. The number of carbonyl (C=O) groups is 3. The second kappa shape index (κ2) is 5.88. The van der Waals surface area contributed by atoms with Crippen LogP contribution in [0.2, 0.25) is 0 Å². The number of aliphatic carboxylic acids is 1. The van der Waals surface area contributed by atoms with E-state index in [0.29, 0.717) is 5.16 Å². The van der Waals surface area contributed by atoms with Gasteiger partial charge in [0.1, 0.15) is 6.04 Å². The lowest BCUT2D eigenvalue weighted by molar-refractivity contribution is -0.137. The number of likely N-dealkylation sites (tertiary alicyclic amines) is 1. The summed E-state index contributed by atoms with van der Waals surface area (Å²) in [5.74, 6) is -1.49. The molecular weight excluding hydrogens is 294 g/mol. The summed E-state index contributed by atoms with van der Waals surface area (Å²) in [5.41, 5.74) is 0.823. The molecule has 1 aliphatic rings. The molecule has 2 amide bonds. The number of likely N-dealkylation sites (N-methyl/N-ethyl adjacent to an activating group) is 1.